The SMILES string of the molecule is CCCCCCC(C)C1CCC(c2ccc(CC#N)cc2)CC1. The van der Waals surface area contributed by atoms with Gasteiger partial charge in [-0.25, -0.2) is 0 Å². The number of hydrogen-bond acceptors (Lipinski definition) is 1. The predicted octanol–water partition coefficient (Wildman–Crippen LogP) is 6.63. The molecule has 1 heteroatoms. The zero-order valence-corrected chi connectivity index (χ0v) is 15.1. The molecule has 23 heavy (non-hydrogen) atoms. The first-order valence-electron chi connectivity index (χ1n) is 9.70. The van der Waals surface area contributed by atoms with Crippen molar-refractivity contribution >= 4 is 0 Å². The van der Waals surface area contributed by atoms with Crippen molar-refractivity contribution < 1.29 is 0 Å². The summed E-state index contributed by atoms with van der Waals surface area (Å²) in [4.78, 5) is 0. The van der Waals surface area contributed by atoms with Crippen molar-refractivity contribution in [2.75, 3.05) is 0 Å². The Morgan fingerprint density at radius 1 is 1.04 bits per heavy atom. The van der Waals surface area contributed by atoms with Crippen LogP contribution < -0.4 is 0 Å². The van der Waals surface area contributed by atoms with Crippen LogP contribution in [0.3, 0.4) is 0 Å². The van der Waals surface area contributed by atoms with Crippen LogP contribution in [0.2, 0.25) is 0 Å². The molecule has 1 aliphatic carbocycles. The molecule has 1 unspecified atom stereocenters. The Morgan fingerprint density at radius 3 is 2.35 bits per heavy atom. The molecule has 0 saturated heterocycles. The molecule has 1 saturated carbocycles. The van der Waals surface area contributed by atoms with Crippen molar-refractivity contribution in [3.05, 3.63) is 35.4 Å². The van der Waals surface area contributed by atoms with Gasteiger partial charge in [-0.1, -0.05) is 70.2 Å². The highest BCUT2D eigenvalue weighted by molar-refractivity contribution is 5.27. The molecule has 0 spiro atoms. The largest absolute Gasteiger partial charge is 0.198 e. The molecular formula is C22H33N. The van der Waals surface area contributed by atoms with Gasteiger partial charge in [0.1, 0.15) is 0 Å². The van der Waals surface area contributed by atoms with Crippen LogP contribution >= 0.6 is 0 Å². The van der Waals surface area contributed by atoms with Gasteiger partial charge in [0, 0.05) is 0 Å². The summed E-state index contributed by atoms with van der Waals surface area (Å²) in [7, 11) is 0. The summed E-state index contributed by atoms with van der Waals surface area (Å²) < 4.78 is 0. The summed E-state index contributed by atoms with van der Waals surface area (Å²) in [5.74, 6) is 2.60. The summed E-state index contributed by atoms with van der Waals surface area (Å²) >= 11 is 0. The first kappa shape index (κ1) is 18.1. The molecule has 0 amide bonds. The molecule has 1 nitrogen and oxygen atoms in total. The minimum atomic E-state index is 0.530. The molecule has 0 bridgehead atoms. The van der Waals surface area contributed by atoms with Crippen molar-refractivity contribution in [2.45, 2.75) is 84.0 Å². The number of nitriles is 1. The van der Waals surface area contributed by atoms with Crippen molar-refractivity contribution in [1.29, 1.82) is 5.26 Å². The van der Waals surface area contributed by atoms with Gasteiger partial charge in [0.2, 0.25) is 0 Å². The molecule has 126 valence electrons. The van der Waals surface area contributed by atoms with Crippen molar-refractivity contribution in [3.8, 4) is 6.07 Å². The summed E-state index contributed by atoms with van der Waals surface area (Å²) in [6, 6.07) is 11.0. The lowest BCUT2D eigenvalue weighted by molar-refractivity contribution is 0.231. The first-order valence-corrected chi connectivity index (χ1v) is 9.70. The van der Waals surface area contributed by atoms with Gasteiger partial charge < -0.3 is 0 Å². The van der Waals surface area contributed by atoms with Gasteiger partial charge in [-0.3, -0.25) is 0 Å². The van der Waals surface area contributed by atoms with E-state index in [-0.39, 0.29) is 0 Å². The third-order valence-corrected chi connectivity index (χ3v) is 5.82. The van der Waals surface area contributed by atoms with Gasteiger partial charge in [-0.15, -0.1) is 0 Å². The average Bonchev–Trinajstić information content (AvgIpc) is 2.60. The van der Waals surface area contributed by atoms with E-state index >= 15 is 0 Å². The predicted molar refractivity (Wildman–Crippen MR) is 98.4 cm³/mol. The van der Waals surface area contributed by atoms with Crippen LogP contribution in [0.5, 0.6) is 0 Å². The zero-order chi connectivity index (χ0) is 16.5. The smallest absolute Gasteiger partial charge is 0.0669 e. The average molecular weight is 312 g/mol. The van der Waals surface area contributed by atoms with Crippen LogP contribution in [0.1, 0.15) is 88.7 Å². The molecule has 0 aromatic heterocycles. The number of benzene rings is 1. The van der Waals surface area contributed by atoms with Crippen LogP contribution in [-0.2, 0) is 6.42 Å². The third-order valence-electron chi connectivity index (χ3n) is 5.82. The fourth-order valence-corrected chi connectivity index (χ4v) is 4.15. The van der Waals surface area contributed by atoms with E-state index in [1.54, 1.807) is 0 Å². The minimum Gasteiger partial charge on any atom is -0.198 e. The molecule has 1 atom stereocenters. The maximum atomic E-state index is 8.76. The summed E-state index contributed by atoms with van der Waals surface area (Å²) in [5.41, 5.74) is 2.63. The molecule has 0 aliphatic heterocycles. The quantitative estimate of drug-likeness (QED) is 0.494. The highest BCUT2D eigenvalue weighted by atomic mass is 14.3. The van der Waals surface area contributed by atoms with E-state index in [0.717, 1.165) is 23.3 Å². The Hall–Kier alpha value is -1.29. The Bertz CT molecular complexity index is 474. The van der Waals surface area contributed by atoms with Gasteiger partial charge in [0.25, 0.3) is 0 Å². The summed E-state index contributed by atoms with van der Waals surface area (Å²) in [6.07, 6.45) is 13.1. The molecule has 1 fully saturated rings. The van der Waals surface area contributed by atoms with Crippen LogP contribution in [0.4, 0.5) is 0 Å². The second-order valence-corrected chi connectivity index (χ2v) is 7.51. The Balaban J connectivity index is 1.75. The Labute approximate surface area is 143 Å². The van der Waals surface area contributed by atoms with Crippen molar-refractivity contribution in [1.82, 2.24) is 0 Å². The standard InChI is InChI=1S/C22H33N/c1-3-4-5-6-7-18(2)20-12-14-22(15-13-20)21-10-8-19(9-11-21)16-17-23/h8-11,18,20,22H,3-7,12-16H2,1-2H3. The van der Waals surface area contributed by atoms with Crippen LogP contribution in [0, 0.1) is 23.2 Å². The molecule has 1 aromatic rings. The third kappa shape index (κ3) is 5.69. The highest BCUT2D eigenvalue weighted by Gasteiger charge is 2.25. The van der Waals surface area contributed by atoms with E-state index in [9.17, 15) is 0 Å². The van der Waals surface area contributed by atoms with E-state index in [2.05, 4.69) is 44.2 Å². The van der Waals surface area contributed by atoms with Gasteiger partial charge >= 0.3 is 0 Å². The maximum absolute atomic E-state index is 8.76. The van der Waals surface area contributed by atoms with E-state index in [0.29, 0.717) is 6.42 Å². The lowest BCUT2D eigenvalue weighted by atomic mass is 9.73. The lowest BCUT2D eigenvalue weighted by Crippen LogP contribution is -2.19. The van der Waals surface area contributed by atoms with Crippen LogP contribution in [0.25, 0.3) is 0 Å². The molecule has 1 aromatic carbocycles. The van der Waals surface area contributed by atoms with Gasteiger partial charge in [0.15, 0.2) is 0 Å². The second-order valence-electron chi connectivity index (χ2n) is 7.51. The Kier molecular flexibility index (Phi) is 7.66. The molecule has 1 aliphatic rings. The monoisotopic (exact) mass is 311 g/mol. The summed E-state index contributed by atoms with van der Waals surface area (Å²) in [5, 5.41) is 8.76. The van der Waals surface area contributed by atoms with E-state index in [1.807, 2.05) is 0 Å². The van der Waals surface area contributed by atoms with Crippen molar-refractivity contribution in [3.63, 3.8) is 0 Å². The van der Waals surface area contributed by atoms with Gasteiger partial charge in [-0.05, 0) is 54.6 Å². The van der Waals surface area contributed by atoms with E-state index < -0.39 is 0 Å². The molecule has 0 heterocycles. The van der Waals surface area contributed by atoms with Crippen molar-refractivity contribution in [2.24, 2.45) is 11.8 Å². The number of nitrogens with zero attached hydrogens (tertiary/aromatic N) is 1. The first-order chi connectivity index (χ1) is 11.2. The fraction of sp³-hybridized carbons (Fsp3) is 0.682. The van der Waals surface area contributed by atoms with E-state index in [1.165, 1.54) is 63.4 Å². The molecule has 0 N–H and O–H groups in total. The summed E-state index contributed by atoms with van der Waals surface area (Å²) in [6.45, 7) is 4.77. The topological polar surface area (TPSA) is 23.8 Å². The van der Waals surface area contributed by atoms with Crippen LogP contribution in [-0.4, -0.2) is 0 Å². The molecule has 2 rings (SSSR count). The minimum absolute atomic E-state index is 0.530. The second kappa shape index (κ2) is 9.76. The number of hydrogen-bond donors (Lipinski definition) is 0. The van der Waals surface area contributed by atoms with Gasteiger partial charge in [0.05, 0.1) is 12.5 Å². The van der Waals surface area contributed by atoms with Gasteiger partial charge in [-0.2, -0.15) is 5.26 Å². The maximum Gasteiger partial charge on any atom is 0.0669 e. The highest BCUT2D eigenvalue weighted by Crippen LogP contribution is 2.40. The lowest BCUT2D eigenvalue weighted by Gasteiger charge is -2.32. The zero-order valence-electron chi connectivity index (χ0n) is 15.1. The Morgan fingerprint density at radius 2 is 1.74 bits per heavy atom. The van der Waals surface area contributed by atoms with Crippen LogP contribution in [0.15, 0.2) is 24.3 Å². The fourth-order valence-electron chi connectivity index (χ4n) is 4.15. The van der Waals surface area contributed by atoms with E-state index in [4.69, 9.17) is 5.26 Å². The normalized spacial score (nSPS) is 22.5. The molecular weight excluding hydrogens is 278 g/mol. The number of rotatable bonds is 8. The molecule has 0 radical (unpaired) electrons. The number of unbranched alkanes of at least 4 members (excludes halogenated alkanes) is 3.